The van der Waals surface area contributed by atoms with E-state index < -0.39 is 0 Å². The Morgan fingerprint density at radius 2 is 2.13 bits per heavy atom. The van der Waals surface area contributed by atoms with E-state index in [1.54, 1.807) is 17.1 Å². The molecule has 0 saturated heterocycles. The number of aromatic nitrogens is 2. The molecule has 0 fully saturated rings. The summed E-state index contributed by atoms with van der Waals surface area (Å²) in [6, 6.07) is 7.27. The zero-order valence-electron chi connectivity index (χ0n) is 13.0. The maximum absolute atomic E-state index is 11.9. The van der Waals surface area contributed by atoms with Gasteiger partial charge in [-0.05, 0) is 37.5 Å². The third-order valence-electron chi connectivity index (χ3n) is 3.32. The smallest absolute Gasteiger partial charge is 0.319 e. The van der Waals surface area contributed by atoms with Crippen molar-refractivity contribution in [2.24, 2.45) is 0 Å². The Kier molecular flexibility index (Phi) is 6.43. The number of carbonyl (C=O) groups excluding carboxylic acids is 1. The highest BCUT2D eigenvalue weighted by atomic mass is 35.5. The first kappa shape index (κ1) is 17.3. The highest BCUT2D eigenvalue weighted by Crippen LogP contribution is 2.12. The third kappa shape index (κ3) is 5.92. The minimum atomic E-state index is -0.276. The molecule has 1 aromatic heterocycles. The van der Waals surface area contributed by atoms with E-state index in [0.29, 0.717) is 23.7 Å². The Balaban J connectivity index is 1.84. The fourth-order valence-electron chi connectivity index (χ4n) is 2.15. The largest absolute Gasteiger partial charge is 0.396 e. The van der Waals surface area contributed by atoms with Gasteiger partial charge in [0.05, 0.1) is 18.4 Å². The van der Waals surface area contributed by atoms with Crippen molar-refractivity contribution in [3.8, 4) is 0 Å². The summed E-state index contributed by atoms with van der Waals surface area (Å²) < 4.78 is 1.74. The number of hydrogen-bond donors (Lipinski definition) is 3. The predicted octanol–water partition coefficient (Wildman–Crippen LogP) is 2.87. The van der Waals surface area contributed by atoms with Crippen molar-refractivity contribution >= 4 is 23.3 Å². The summed E-state index contributed by atoms with van der Waals surface area (Å²) in [4.78, 5) is 11.9. The SMILES string of the molecule is CC(CCCO)NC(=O)Nc1cnn(Cc2ccc(Cl)cc2)c1. The van der Waals surface area contributed by atoms with Crippen LogP contribution in [0.25, 0.3) is 0 Å². The van der Waals surface area contributed by atoms with Crippen molar-refractivity contribution in [1.82, 2.24) is 15.1 Å². The lowest BCUT2D eigenvalue weighted by Gasteiger charge is -2.13. The molecule has 1 atom stereocenters. The molecule has 2 amide bonds. The van der Waals surface area contributed by atoms with Crippen molar-refractivity contribution in [1.29, 1.82) is 0 Å². The highest BCUT2D eigenvalue weighted by molar-refractivity contribution is 6.30. The number of nitrogens with one attached hydrogen (secondary N) is 2. The molecule has 0 saturated carbocycles. The molecule has 0 bridgehead atoms. The van der Waals surface area contributed by atoms with Gasteiger partial charge in [0.2, 0.25) is 0 Å². The second kappa shape index (κ2) is 8.55. The standard InChI is InChI=1S/C16H21ClN4O2/c1-12(3-2-8-22)19-16(23)20-15-9-18-21(11-15)10-13-4-6-14(17)7-5-13/h4-7,9,11-12,22H,2-3,8,10H2,1H3,(H2,19,20,23). The van der Waals surface area contributed by atoms with Crippen LogP contribution in [-0.4, -0.2) is 33.6 Å². The molecule has 2 aromatic rings. The number of urea groups is 1. The van der Waals surface area contributed by atoms with Gasteiger partial charge in [0.25, 0.3) is 0 Å². The van der Waals surface area contributed by atoms with E-state index in [9.17, 15) is 4.79 Å². The predicted molar refractivity (Wildman–Crippen MR) is 90.7 cm³/mol. The summed E-state index contributed by atoms with van der Waals surface area (Å²) in [6.07, 6.45) is 4.78. The number of aliphatic hydroxyl groups excluding tert-OH is 1. The quantitative estimate of drug-likeness (QED) is 0.727. The average molecular weight is 337 g/mol. The number of aliphatic hydroxyl groups is 1. The zero-order chi connectivity index (χ0) is 16.7. The zero-order valence-corrected chi connectivity index (χ0v) is 13.8. The van der Waals surface area contributed by atoms with E-state index in [2.05, 4.69) is 15.7 Å². The maximum Gasteiger partial charge on any atom is 0.319 e. The Morgan fingerprint density at radius 3 is 2.83 bits per heavy atom. The van der Waals surface area contributed by atoms with Crippen LogP contribution < -0.4 is 10.6 Å². The van der Waals surface area contributed by atoms with Gasteiger partial charge >= 0.3 is 6.03 Å². The minimum Gasteiger partial charge on any atom is -0.396 e. The number of rotatable bonds is 7. The molecule has 1 aromatic carbocycles. The van der Waals surface area contributed by atoms with Gasteiger partial charge in [-0.1, -0.05) is 23.7 Å². The molecule has 1 unspecified atom stereocenters. The van der Waals surface area contributed by atoms with Crippen LogP contribution in [0, 0.1) is 0 Å². The lowest BCUT2D eigenvalue weighted by Crippen LogP contribution is -2.36. The van der Waals surface area contributed by atoms with Crippen LogP contribution in [0.15, 0.2) is 36.7 Å². The van der Waals surface area contributed by atoms with Gasteiger partial charge in [0, 0.05) is 23.9 Å². The van der Waals surface area contributed by atoms with Crippen molar-refractivity contribution < 1.29 is 9.90 Å². The number of amides is 2. The van der Waals surface area contributed by atoms with E-state index in [1.165, 1.54) is 0 Å². The molecule has 23 heavy (non-hydrogen) atoms. The van der Waals surface area contributed by atoms with Crippen molar-refractivity contribution in [3.63, 3.8) is 0 Å². The van der Waals surface area contributed by atoms with Crippen LogP contribution in [0.5, 0.6) is 0 Å². The number of nitrogens with zero attached hydrogens (tertiary/aromatic N) is 2. The highest BCUT2D eigenvalue weighted by Gasteiger charge is 2.08. The van der Waals surface area contributed by atoms with E-state index in [1.807, 2.05) is 31.2 Å². The monoisotopic (exact) mass is 336 g/mol. The maximum atomic E-state index is 11.9. The molecule has 0 aliphatic rings. The molecular weight excluding hydrogens is 316 g/mol. The molecule has 0 aliphatic carbocycles. The Bertz CT molecular complexity index is 627. The van der Waals surface area contributed by atoms with Crippen LogP contribution >= 0.6 is 11.6 Å². The summed E-state index contributed by atoms with van der Waals surface area (Å²) >= 11 is 5.86. The molecular formula is C16H21ClN4O2. The van der Waals surface area contributed by atoms with Gasteiger partial charge in [0.15, 0.2) is 0 Å². The molecule has 7 heteroatoms. The van der Waals surface area contributed by atoms with Gasteiger partial charge in [-0.25, -0.2) is 4.79 Å². The van der Waals surface area contributed by atoms with Gasteiger partial charge in [-0.15, -0.1) is 0 Å². The summed E-state index contributed by atoms with van der Waals surface area (Å²) in [5.74, 6) is 0. The molecule has 3 N–H and O–H groups in total. The Labute approximate surface area is 140 Å². The van der Waals surface area contributed by atoms with E-state index in [0.717, 1.165) is 12.0 Å². The van der Waals surface area contributed by atoms with Gasteiger partial charge in [-0.3, -0.25) is 4.68 Å². The van der Waals surface area contributed by atoms with Crippen LogP contribution in [0.3, 0.4) is 0 Å². The first-order valence-corrected chi connectivity index (χ1v) is 7.90. The van der Waals surface area contributed by atoms with Crippen molar-refractivity contribution in [3.05, 3.63) is 47.2 Å². The number of anilines is 1. The van der Waals surface area contributed by atoms with Crippen molar-refractivity contribution in [2.75, 3.05) is 11.9 Å². The molecule has 1 heterocycles. The first-order valence-electron chi connectivity index (χ1n) is 7.52. The van der Waals surface area contributed by atoms with Crippen LogP contribution in [0.1, 0.15) is 25.3 Å². The second-order valence-corrected chi connectivity index (χ2v) is 5.85. The molecule has 124 valence electrons. The molecule has 2 rings (SSSR count). The Hall–Kier alpha value is -2.05. The molecule has 0 spiro atoms. The first-order chi connectivity index (χ1) is 11.1. The Morgan fingerprint density at radius 1 is 1.39 bits per heavy atom. The van der Waals surface area contributed by atoms with Crippen LogP contribution in [0.2, 0.25) is 5.02 Å². The molecule has 0 aliphatic heterocycles. The van der Waals surface area contributed by atoms with Crippen molar-refractivity contribution in [2.45, 2.75) is 32.4 Å². The van der Waals surface area contributed by atoms with Gasteiger partial charge in [0.1, 0.15) is 0 Å². The fraction of sp³-hybridized carbons (Fsp3) is 0.375. The summed E-state index contributed by atoms with van der Waals surface area (Å²) in [7, 11) is 0. The topological polar surface area (TPSA) is 79.2 Å². The summed E-state index contributed by atoms with van der Waals surface area (Å²) in [5.41, 5.74) is 1.71. The lowest BCUT2D eigenvalue weighted by atomic mass is 10.2. The fourth-order valence-corrected chi connectivity index (χ4v) is 2.28. The van der Waals surface area contributed by atoms with E-state index in [4.69, 9.17) is 16.7 Å². The summed E-state index contributed by atoms with van der Waals surface area (Å²) in [5, 5.41) is 19.3. The number of carbonyl (C=O) groups is 1. The van der Waals surface area contributed by atoms with Crippen LogP contribution in [-0.2, 0) is 6.54 Å². The number of benzene rings is 1. The molecule has 0 radical (unpaired) electrons. The molecule has 6 nitrogen and oxygen atoms in total. The van der Waals surface area contributed by atoms with Gasteiger partial charge in [-0.2, -0.15) is 5.10 Å². The minimum absolute atomic E-state index is 0.00580. The van der Waals surface area contributed by atoms with Crippen LogP contribution in [0.4, 0.5) is 10.5 Å². The summed E-state index contributed by atoms with van der Waals surface area (Å²) in [6.45, 7) is 2.64. The second-order valence-electron chi connectivity index (χ2n) is 5.42. The number of halogens is 1. The van der Waals surface area contributed by atoms with Gasteiger partial charge < -0.3 is 15.7 Å². The third-order valence-corrected chi connectivity index (χ3v) is 3.57. The van der Waals surface area contributed by atoms with E-state index in [-0.39, 0.29) is 18.7 Å². The van der Waals surface area contributed by atoms with E-state index >= 15 is 0 Å². The average Bonchev–Trinajstić information content (AvgIpc) is 2.94. The lowest BCUT2D eigenvalue weighted by molar-refractivity contribution is 0.245. The number of hydrogen-bond acceptors (Lipinski definition) is 3. The normalized spacial score (nSPS) is 12.0.